The zero-order chi connectivity index (χ0) is 12.1. The van der Waals surface area contributed by atoms with Crippen molar-refractivity contribution < 1.29 is 0 Å². The third-order valence-corrected chi connectivity index (χ3v) is 4.16. The predicted octanol–water partition coefficient (Wildman–Crippen LogP) is 3.26. The Morgan fingerprint density at radius 3 is 2.44 bits per heavy atom. The van der Waals surface area contributed by atoms with Gasteiger partial charge in [0.1, 0.15) is 0 Å². The number of thiophene rings is 1. The number of rotatable bonds is 6. The standard InChI is InChI=1S/C13H24N2S/c1-5-10(3)15(6-2)13(11(4)14)12-8-7-9-16-12/h7-11,13H,5-6,14H2,1-4H3. The molecule has 0 bridgehead atoms. The molecule has 0 aliphatic heterocycles. The van der Waals surface area contributed by atoms with Gasteiger partial charge in [0, 0.05) is 17.0 Å². The maximum absolute atomic E-state index is 6.16. The molecule has 0 aliphatic carbocycles. The molecule has 0 fully saturated rings. The van der Waals surface area contributed by atoms with Crippen LogP contribution in [-0.4, -0.2) is 23.5 Å². The number of hydrogen-bond donors (Lipinski definition) is 1. The Hall–Kier alpha value is -0.380. The zero-order valence-corrected chi connectivity index (χ0v) is 11.6. The Morgan fingerprint density at radius 2 is 2.06 bits per heavy atom. The quantitative estimate of drug-likeness (QED) is 0.827. The fraction of sp³-hybridized carbons (Fsp3) is 0.692. The Kier molecular flexibility index (Phi) is 5.46. The van der Waals surface area contributed by atoms with Crippen LogP contribution in [0, 0.1) is 0 Å². The molecule has 1 aromatic heterocycles. The Bertz CT molecular complexity index is 282. The molecule has 16 heavy (non-hydrogen) atoms. The molecule has 3 atom stereocenters. The minimum Gasteiger partial charge on any atom is -0.326 e. The van der Waals surface area contributed by atoms with E-state index in [2.05, 4.69) is 50.1 Å². The van der Waals surface area contributed by atoms with Gasteiger partial charge in [-0.15, -0.1) is 11.3 Å². The first-order valence-corrected chi connectivity index (χ1v) is 7.04. The molecule has 1 rings (SSSR count). The van der Waals surface area contributed by atoms with Gasteiger partial charge in [-0.1, -0.05) is 19.9 Å². The summed E-state index contributed by atoms with van der Waals surface area (Å²) in [5.41, 5.74) is 6.16. The summed E-state index contributed by atoms with van der Waals surface area (Å²) < 4.78 is 0. The molecule has 92 valence electrons. The van der Waals surface area contributed by atoms with Gasteiger partial charge in [0.05, 0.1) is 6.04 Å². The van der Waals surface area contributed by atoms with Crippen LogP contribution in [0.5, 0.6) is 0 Å². The van der Waals surface area contributed by atoms with Crippen molar-refractivity contribution in [3.05, 3.63) is 22.4 Å². The van der Waals surface area contributed by atoms with E-state index in [4.69, 9.17) is 5.73 Å². The van der Waals surface area contributed by atoms with E-state index in [1.54, 1.807) is 0 Å². The lowest BCUT2D eigenvalue weighted by Crippen LogP contribution is -2.43. The average molecular weight is 240 g/mol. The Morgan fingerprint density at radius 1 is 1.38 bits per heavy atom. The first kappa shape index (κ1) is 13.7. The summed E-state index contributed by atoms with van der Waals surface area (Å²) in [5, 5.41) is 2.13. The minimum atomic E-state index is 0.174. The van der Waals surface area contributed by atoms with Gasteiger partial charge < -0.3 is 5.73 Å². The molecule has 0 saturated carbocycles. The second-order valence-electron chi connectivity index (χ2n) is 4.41. The highest BCUT2D eigenvalue weighted by molar-refractivity contribution is 7.10. The molecule has 0 spiro atoms. The Balaban J connectivity index is 2.92. The maximum atomic E-state index is 6.16. The maximum Gasteiger partial charge on any atom is 0.0592 e. The second kappa shape index (κ2) is 6.38. The van der Waals surface area contributed by atoms with Crippen molar-refractivity contribution in [2.45, 2.75) is 52.2 Å². The van der Waals surface area contributed by atoms with Crippen molar-refractivity contribution in [3.8, 4) is 0 Å². The van der Waals surface area contributed by atoms with Gasteiger partial charge in [-0.3, -0.25) is 4.90 Å². The smallest absolute Gasteiger partial charge is 0.0592 e. The number of hydrogen-bond acceptors (Lipinski definition) is 3. The van der Waals surface area contributed by atoms with E-state index in [0.717, 1.165) is 6.54 Å². The van der Waals surface area contributed by atoms with Crippen LogP contribution >= 0.6 is 11.3 Å². The van der Waals surface area contributed by atoms with E-state index < -0.39 is 0 Å². The van der Waals surface area contributed by atoms with E-state index in [-0.39, 0.29) is 6.04 Å². The van der Waals surface area contributed by atoms with Crippen LogP contribution in [0.25, 0.3) is 0 Å². The molecule has 2 nitrogen and oxygen atoms in total. The van der Waals surface area contributed by atoms with Gasteiger partial charge in [0.25, 0.3) is 0 Å². The lowest BCUT2D eigenvalue weighted by Gasteiger charge is -2.37. The molecular weight excluding hydrogens is 216 g/mol. The minimum absolute atomic E-state index is 0.174. The fourth-order valence-electron chi connectivity index (χ4n) is 2.20. The summed E-state index contributed by atoms with van der Waals surface area (Å²) in [6, 6.07) is 5.43. The first-order chi connectivity index (χ1) is 7.61. The fourth-order valence-corrected chi connectivity index (χ4v) is 3.16. The molecule has 1 heterocycles. The van der Waals surface area contributed by atoms with Crippen LogP contribution < -0.4 is 5.73 Å². The van der Waals surface area contributed by atoms with Crippen molar-refractivity contribution in [2.75, 3.05) is 6.54 Å². The number of likely N-dealkylation sites (N-methyl/N-ethyl adjacent to an activating group) is 1. The highest BCUT2D eigenvalue weighted by Gasteiger charge is 2.26. The summed E-state index contributed by atoms with van der Waals surface area (Å²) in [6.07, 6.45) is 1.17. The van der Waals surface area contributed by atoms with E-state index in [1.165, 1.54) is 11.3 Å². The van der Waals surface area contributed by atoms with Crippen LogP contribution in [0.1, 0.15) is 45.0 Å². The summed E-state index contributed by atoms with van der Waals surface area (Å²) in [7, 11) is 0. The molecule has 2 N–H and O–H groups in total. The van der Waals surface area contributed by atoms with Crippen LogP contribution in [0.4, 0.5) is 0 Å². The van der Waals surface area contributed by atoms with E-state index in [9.17, 15) is 0 Å². The molecular formula is C13H24N2S. The third-order valence-electron chi connectivity index (χ3n) is 3.21. The van der Waals surface area contributed by atoms with Gasteiger partial charge in [-0.2, -0.15) is 0 Å². The largest absolute Gasteiger partial charge is 0.326 e. The second-order valence-corrected chi connectivity index (χ2v) is 5.39. The summed E-state index contributed by atoms with van der Waals surface area (Å²) in [6.45, 7) is 9.90. The average Bonchev–Trinajstić information content (AvgIpc) is 2.77. The topological polar surface area (TPSA) is 29.3 Å². The van der Waals surface area contributed by atoms with Crippen LogP contribution in [0.3, 0.4) is 0 Å². The van der Waals surface area contributed by atoms with E-state index in [1.807, 2.05) is 11.3 Å². The lowest BCUT2D eigenvalue weighted by atomic mass is 10.0. The summed E-state index contributed by atoms with van der Waals surface area (Å²) >= 11 is 1.81. The molecule has 0 amide bonds. The van der Waals surface area contributed by atoms with Gasteiger partial charge in [-0.25, -0.2) is 0 Å². The first-order valence-electron chi connectivity index (χ1n) is 6.16. The summed E-state index contributed by atoms with van der Waals surface area (Å²) in [5.74, 6) is 0. The van der Waals surface area contributed by atoms with E-state index >= 15 is 0 Å². The van der Waals surface area contributed by atoms with Crippen molar-refractivity contribution in [3.63, 3.8) is 0 Å². The molecule has 3 heteroatoms. The molecule has 0 saturated heterocycles. The van der Waals surface area contributed by atoms with Crippen LogP contribution in [0.15, 0.2) is 17.5 Å². The zero-order valence-electron chi connectivity index (χ0n) is 10.8. The third kappa shape index (κ3) is 3.06. The van der Waals surface area contributed by atoms with Gasteiger partial charge >= 0.3 is 0 Å². The lowest BCUT2D eigenvalue weighted by molar-refractivity contribution is 0.134. The van der Waals surface area contributed by atoms with Gasteiger partial charge in [-0.05, 0) is 38.3 Å². The number of nitrogens with zero attached hydrogens (tertiary/aromatic N) is 1. The van der Waals surface area contributed by atoms with Gasteiger partial charge in [0.2, 0.25) is 0 Å². The van der Waals surface area contributed by atoms with Crippen molar-refractivity contribution in [1.82, 2.24) is 4.90 Å². The van der Waals surface area contributed by atoms with Crippen LogP contribution in [0.2, 0.25) is 0 Å². The summed E-state index contributed by atoms with van der Waals surface area (Å²) in [4.78, 5) is 3.90. The molecule has 1 aromatic rings. The monoisotopic (exact) mass is 240 g/mol. The normalized spacial score (nSPS) is 17.4. The highest BCUT2D eigenvalue weighted by Crippen LogP contribution is 2.29. The molecule has 0 radical (unpaired) electrons. The SMILES string of the molecule is CCC(C)N(CC)C(c1cccs1)C(C)N. The van der Waals surface area contributed by atoms with Crippen molar-refractivity contribution in [2.24, 2.45) is 5.73 Å². The van der Waals surface area contributed by atoms with E-state index in [0.29, 0.717) is 12.1 Å². The molecule has 3 unspecified atom stereocenters. The molecule has 0 aromatic carbocycles. The van der Waals surface area contributed by atoms with Crippen LogP contribution in [-0.2, 0) is 0 Å². The van der Waals surface area contributed by atoms with Crippen molar-refractivity contribution >= 4 is 11.3 Å². The van der Waals surface area contributed by atoms with Gasteiger partial charge in [0.15, 0.2) is 0 Å². The number of nitrogens with two attached hydrogens (primary N) is 1. The van der Waals surface area contributed by atoms with Crippen molar-refractivity contribution in [1.29, 1.82) is 0 Å². The molecule has 0 aliphatic rings. The highest BCUT2D eigenvalue weighted by atomic mass is 32.1. The predicted molar refractivity (Wildman–Crippen MR) is 72.8 cm³/mol. The Labute approximate surface area is 103 Å².